The second-order valence-corrected chi connectivity index (χ2v) is 11.0. The average molecular weight is 542 g/mol. The van der Waals surface area contributed by atoms with Crippen molar-refractivity contribution in [2.24, 2.45) is 5.92 Å². The molecule has 0 saturated carbocycles. The number of carbonyl (C=O) groups is 1. The molecule has 0 bridgehead atoms. The number of benzene rings is 1. The van der Waals surface area contributed by atoms with Crippen molar-refractivity contribution >= 4 is 11.6 Å². The van der Waals surface area contributed by atoms with Gasteiger partial charge in [0, 0.05) is 82.2 Å². The Morgan fingerprint density at radius 3 is 2.38 bits per heavy atom. The van der Waals surface area contributed by atoms with E-state index in [-0.39, 0.29) is 22.6 Å². The number of piperidine rings is 1. The number of nitro groups is 1. The molecular formula is C29H43N5O5. The summed E-state index contributed by atoms with van der Waals surface area (Å²) >= 11 is 0. The highest BCUT2D eigenvalue weighted by Gasteiger charge is 2.27. The molecule has 1 aliphatic carbocycles. The summed E-state index contributed by atoms with van der Waals surface area (Å²) in [5.74, 6) is 1.98. The lowest BCUT2D eigenvalue weighted by atomic mass is 10.0. The van der Waals surface area contributed by atoms with Crippen LogP contribution in [0.2, 0.25) is 0 Å². The van der Waals surface area contributed by atoms with Crippen LogP contribution in [0.1, 0.15) is 46.0 Å². The number of piperazine rings is 1. The van der Waals surface area contributed by atoms with Gasteiger partial charge < -0.3 is 24.6 Å². The Hall–Kier alpha value is -3.27. The quantitative estimate of drug-likeness (QED) is 0.335. The van der Waals surface area contributed by atoms with Crippen molar-refractivity contribution in [1.82, 2.24) is 15.1 Å². The summed E-state index contributed by atoms with van der Waals surface area (Å²) < 4.78 is 11.0. The van der Waals surface area contributed by atoms with E-state index in [1.54, 1.807) is 6.08 Å². The van der Waals surface area contributed by atoms with E-state index < -0.39 is 0 Å². The Bertz CT molecular complexity index is 1040. The van der Waals surface area contributed by atoms with Gasteiger partial charge in [-0.25, -0.2) is 0 Å². The van der Waals surface area contributed by atoms with E-state index in [0.717, 1.165) is 76.7 Å². The van der Waals surface area contributed by atoms with Crippen LogP contribution in [0.15, 0.2) is 47.5 Å². The van der Waals surface area contributed by atoms with Gasteiger partial charge in [-0.1, -0.05) is 13.8 Å². The standard InChI is InChI=1S/C29H43N5O5/c1-22(2)21-39-26-7-5-25(6-8-26)32-18-16-31(17-19-32)13-12-29(35)33-14-10-23(11-15-33)30-24-4-9-27(34(36)37)28(20-24)38-3/h5-8,20,22-23,30H,4,9-19,21H2,1-3H3. The summed E-state index contributed by atoms with van der Waals surface area (Å²) in [5, 5.41) is 14.7. The number of anilines is 1. The van der Waals surface area contributed by atoms with Crippen LogP contribution in [-0.4, -0.2) is 86.2 Å². The summed E-state index contributed by atoms with van der Waals surface area (Å²) in [6.45, 7) is 11.1. The molecule has 1 aromatic rings. The van der Waals surface area contributed by atoms with Crippen LogP contribution >= 0.6 is 0 Å². The van der Waals surface area contributed by atoms with Crippen LogP contribution in [0.4, 0.5) is 5.69 Å². The van der Waals surface area contributed by atoms with Gasteiger partial charge in [-0.3, -0.25) is 19.8 Å². The third-order valence-electron chi connectivity index (χ3n) is 7.70. The number of amides is 1. The van der Waals surface area contributed by atoms with Crippen molar-refractivity contribution in [2.75, 3.05) is 64.4 Å². The van der Waals surface area contributed by atoms with Crippen LogP contribution in [0, 0.1) is 16.0 Å². The Morgan fingerprint density at radius 2 is 1.77 bits per heavy atom. The molecular weight excluding hydrogens is 498 g/mol. The number of carbonyl (C=O) groups excluding carboxylic acids is 1. The van der Waals surface area contributed by atoms with E-state index >= 15 is 0 Å². The first-order valence-electron chi connectivity index (χ1n) is 14.2. The average Bonchev–Trinajstić information content (AvgIpc) is 2.95. The fourth-order valence-corrected chi connectivity index (χ4v) is 5.35. The number of nitrogens with zero attached hydrogens (tertiary/aromatic N) is 4. The third-order valence-corrected chi connectivity index (χ3v) is 7.70. The van der Waals surface area contributed by atoms with Crippen molar-refractivity contribution in [3.05, 3.63) is 57.6 Å². The maximum atomic E-state index is 12.9. The maximum Gasteiger partial charge on any atom is 0.288 e. The number of hydrogen-bond donors (Lipinski definition) is 1. The molecule has 0 atom stereocenters. The van der Waals surface area contributed by atoms with E-state index in [2.05, 4.69) is 41.1 Å². The Kier molecular flexibility index (Phi) is 10.1. The molecule has 2 fully saturated rings. The number of hydrogen-bond acceptors (Lipinski definition) is 8. The van der Waals surface area contributed by atoms with Crippen molar-refractivity contribution in [3.63, 3.8) is 0 Å². The lowest BCUT2D eigenvalue weighted by molar-refractivity contribution is -0.431. The lowest BCUT2D eigenvalue weighted by Gasteiger charge is -2.37. The molecule has 214 valence electrons. The fourth-order valence-electron chi connectivity index (χ4n) is 5.35. The fraction of sp³-hybridized carbons (Fsp3) is 0.621. The Morgan fingerprint density at radius 1 is 1.08 bits per heavy atom. The van der Waals surface area contributed by atoms with Crippen molar-refractivity contribution in [3.8, 4) is 5.75 Å². The van der Waals surface area contributed by atoms with Crippen LogP contribution < -0.4 is 15.0 Å². The molecule has 1 N–H and O–H groups in total. The summed E-state index contributed by atoms with van der Waals surface area (Å²) in [7, 11) is 1.46. The highest BCUT2D eigenvalue weighted by Crippen LogP contribution is 2.25. The van der Waals surface area contributed by atoms with E-state index in [9.17, 15) is 14.9 Å². The molecule has 2 aliphatic heterocycles. The Balaban J connectivity index is 1.14. The molecule has 4 rings (SSSR count). The maximum absolute atomic E-state index is 12.9. The smallest absolute Gasteiger partial charge is 0.288 e. The van der Waals surface area contributed by atoms with Gasteiger partial charge in [-0.15, -0.1) is 0 Å². The van der Waals surface area contributed by atoms with E-state index in [1.165, 1.54) is 12.8 Å². The van der Waals surface area contributed by atoms with Gasteiger partial charge in [0.15, 0.2) is 5.76 Å². The van der Waals surface area contributed by atoms with Gasteiger partial charge >= 0.3 is 0 Å². The predicted molar refractivity (Wildman–Crippen MR) is 151 cm³/mol. The van der Waals surface area contributed by atoms with E-state index in [0.29, 0.717) is 30.9 Å². The van der Waals surface area contributed by atoms with Crippen molar-refractivity contribution in [2.45, 2.75) is 52.0 Å². The molecule has 0 spiro atoms. The van der Waals surface area contributed by atoms with Gasteiger partial charge in [0.2, 0.25) is 5.91 Å². The summed E-state index contributed by atoms with van der Waals surface area (Å²) in [4.78, 5) is 30.5. The second-order valence-electron chi connectivity index (χ2n) is 11.0. The van der Waals surface area contributed by atoms with Crippen LogP contribution in [0.3, 0.4) is 0 Å². The minimum absolute atomic E-state index is 0.131. The number of ether oxygens (including phenoxy) is 2. The number of rotatable bonds is 11. The van der Waals surface area contributed by atoms with Crippen LogP contribution in [0.25, 0.3) is 0 Å². The van der Waals surface area contributed by atoms with Gasteiger partial charge in [-0.05, 0) is 49.4 Å². The molecule has 39 heavy (non-hydrogen) atoms. The highest BCUT2D eigenvalue weighted by atomic mass is 16.6. The monoisotopic (exact) mass is 541 g/mol. The first kappa shape index (κ1) is 28.7. The van der Waals surface area contributed by atoms with Gasteiger partial charge in [0.05, 0.1) is 18.6 Å². The van der Waals surface area contributed by atoms with Crippen LogP contribution in [-0.2, 0) is 9.53 Å². The summed E-state index contributed by atoms with van der Waals surface area (Å²) in [5.41, 5.74) is 2.32. The van der Waals surface area contributed by atoms with Crippen LogP contribution in [0.5, 0.6) is 5.75 Å². The molecule has 2 heterocycles. The number of nitrogens with one attached hydrogen (secondary N) is 1. The highest BCUT2D eigenvalue weighted by molar-refractivity contribution is 5.76. The zero-order valence-corrected chi connectivity index (χ0v) is 23.6. The normalized spacial score (nSPS) is 19.2. The number of likely N-dealkylation sites (tertiary alicyclic amines) is 1. The first-order valence-corrected chi connectivity index (χ1v) is 14.2. The Labute approximate surface area is 231 Å². The molecule has 1 aromatic carbocycles. The van der Waals surface area contributed by atoms with Crippen molar-refractivity contribution in [1.29, 1.82) is 0 Å². The predicted octanol–water partition coefficient (Wildman–Crippen LogP) is 3.63. The molecule has 10 nitrogen and oxygen atoms in total. The summed E-state index contributed by atoms with van der Waals surface area (Å²) in [6.07, 6.45) is 5.01. The second kappa shape index (κ2) is 13.7. The molecule has 1 amide bonds. The molecule has 0 radical (unpaired) electrons. The number of allylic oxidation sites excluding steroid dienone is 3. The van der Waals surface area contributed by atoms with Gasteiger partial charge in [0.1, 0.15) is 5.75 Å². The topological polar surface area (TPSA) is 100 Å². The number of methoxy groups -OCH3 is 1. The lowest BCUT2D eigenvalue weighted by Crippen LogP contribution is -2.48. The minimum Gasteiger partial charge on any atom is -0.493 e. The van der Waals surface area contributed by atoms with Gasteiger partial charge in [0.25, 0.3) is 5.70 Å². The van der Waals surface area contributed by atoms with Gasteiger partial charge in [-0.2, -0.15) is 0 Å². The van der Waals surface area contributed by atoms with E-state index in [4.69, 9.17) is 9.47 Å². The largest absolute Gasteiger partial charge is 0.493 e. The molecule has 0 unspecified atom stereocenters. The summed E-state index contributed by atoms with van der Waals surface area (Å²) in [6, 6.07) is 8.63. The van der Waals surface area contributed by atoms with E-state index in [1.807, 2.05) is 17.0 Å². The molecule has 3 aliphatic rings. The first-order chi connectivity index (χ1) is 18.8. The zero-order valence-electron chi connectivity index (χ0n) is 23.6. The molecule has 10 heteroatoms. The third kappa shape index (κ3) is 8.11. The minimum atomic E-state index is -0.362. The molecule has 0 aromatic heterocycles. The van der Waals surface area contributed by atoms with Crippen molar-refractivity contribution < 1.29 is 19.2 Å². The molecule has 2 saturated heterocycles. The zero-order chi connectivity index (χ0) is 27.8. The SMILES string of the molecule is COC1=C([N+](=O)[O-])CCC(NC2CCN(C(=O)CCN3CCN(c4ccc(OCC(C)C)cc4)CC3)CC2)=C1.